The Morgan fingerprint density at radius 1 is 1.40 bits per heavy atom. The van der Waals surface area contributed by atoms with E-state index in [1.165, 1.54) is 0 Å². The molecule has 0 aromatic heterocycles. The Hall–Kier alpha value is -0.553. The lowest BCUT2D eigenvalue weighted by Crippen LogP contribution is -2.33. The minimum absolute atomic E-state index is 0.216. The highest BCUT2D eigenvalue weighted by atomic mass is 35.6. The van der Waals surface area contributed by atoms with Gasteiger partial charge >= 0.3 is 11.9 Å². The van der Waals surface area contributed by atoms with Crippen LogP contribution in [0.5, 0.6) is 0 Å². The Morgan fingerprint density at radius 3 is 2.47 bits per heavy atom. The van der Waals surface area contributed by atoms with Gasteiger partial charge in [-0.25, -0.2) is 4.79 Å². The van der Waals surface area contributed by atoms with Crippen molar-refractivity contribution in [3.05, 3.63) is 0 Å². The topological polar surface area (TPSA) is 55.4 Å². The summed E-state index contributed by atoms with van der Waals surface area (Å²) in [6.45, 7) is 6.44. The zero-order valence-corrected chi connectivity index (χ0v) is 11.2. The van der Waals surface area contributed by atoms with Crippen LogP contribution in [-0.2, 0) is 14.3 Å². The molecule has 1 amide bonds. The summed E-state index contributed by atoms with van der Waals surface area (Å²) >= 11 is 6.10. The van der Waals surface area contributed by atoms with E-state index in [1.54, 1.807) is 6.92 Å². The van der Waals surface area contributed by atoms with Crippen molar-refractivity contribution in [2.24, 2.45) is 0 Å². The van der Waals surface area contributed by atoms with E-state index >= 15 is 0 Å². The van der Waals surface area contributed by atoms with E-state index in [2.05, 4.69) is 10.1 Å². The molecule has 0 saturated carbocycles. The largest absolute Gasteiger partial charge is 0.459 e. The summed E-state index contributed by atoms with van der Waals surface area (Å²) in [5, 5.41) is 2.49. The number of carbonyl (C=O) groups is 2. The molecule has 0 aromatic rings. The van der Waals surface area contributed by atoms with Crippen LogP contribution in [0, 0.1) is 0 Å². The first kappa shape index (κ1) is 14.4. The van der Waals surface area contributed by atoms with Gasteiger partial charge in [-0.1, -0.05) is 13.1 Å². The van der Waals surface area contributed by atoms with Gasteiger partial charge in [0, 0.05) is 6.54 Å². The first-order chi connectivity index (χ1) is 6.87. The van der Waals surface area contributed by atoms with Gasteiger partial charge in [0.1, 0.15) is 0 Å². The van der Waals surface area contributed by atoms with Crippen molar-refractivity contribution in [3.8, 4) is 0 Å². The summed E-state index contributed by atoms with van der Waals surface area (Å²) < 4.78 is 4.53. The van der Waals surface area contributed by atoms with E-state index in [4.69, 9.17) is 11.1 Å². The third-order valence-electron chi connectivity index (χ3n) is 1.69. The fourth-order valence-electron chi connectivity index (χ4n) is 0.979. The van der Waals surface area contributed by atoms with Gasteiger partial charge in [-0.2, -0.15) is 11.1 Å². The fraction of sp³-hybridized carbons (Fsp3) is 0.778. The van der Waals surface area contributed by atoms with Crippen molar-refractivity contribution < 1.29 is 14.3 Å². The van der Waals surface area contributed by atoms with Crippen molar-refractivity contribution in [1.29, 1.82) is 0 Å². The summed E-state index contributed by atoms with van der Waals surface area (Å²) in [5.41, 5.74) is 0. The average molecular weight is 252 g/mol. The lowest BCUT2D eigenvalue weighted by molar-refractivity contribution is -0.154. The highest BCUT2D eigenvalue weighted by Crippen LogP contribution is 2.15. The van der Waals surface area contributed by atoms with E-state index in [0.29, 0.717) is 6.54 Å². The summed E-state index contributed by atoms with van der Waals surface area (Å²) in [6, 6.07) is 0.914. The van der Waals surface area contributed by atoms with Crippen LogP contribution in [0.3, 0.4) is 0 Å². The zero-order chi connectivity index (χ0) is 11.9. The average Bonchev–Trinajstić information content (AvgIpc) is 2.11. The number of hydrogen-bond donors (Lipinski definition) is 1. The van der Waals surface area contributed by atoms with Gasteiger partial charge < -0.3 is 10.1 Å². The quantitative estimate of drug-likeness (QED) is 0.265. The molecule has 0 unspecified atom stereocenters. The molecule has 4 nitrogen and oxygen atoms in total. The highest BCUT2D eigenvalue weighted by molar-refractivity contribution is 7.19. The third-order valence-corrected chi connectivity index (χ3v) is 3.80. The van der Waals surface area contributed by atoms with Crippen LogP contribution in [0.4, 0.5) is 0 Å². The number of nitrogens with one attached hydrogen (secondary N) is 1. The Bertz CT molecular complexity index is 228. The van der Waals surface area contributed by atoms with Crippen LogP contribution in [0.15, 0.2) is 0 Å². The molecule has 0 aliphatic heterocycles. The van der Waals surface area contributed by atoms with Gasteiger partial charge in [0.25, 0.3) is 0 Å². The molecular weight excluding hydrogens is 234 g/mol. The molecule has 0 bridgehead atoms. The minimum atomic E-state index is -1.57. The highest BCUT2D eigenvalue weighted by Gasteiger charge is 2.17. The van der Waals surface area contributed by atoms with Crippen molar-refractivity contribution in [2.75, 3.05) is 13.2 Å². The molecule has 0 saturated heterocycles. The number of amides is 1. The summed E-state index contributed by atoms with van der Waals surface area (Å²) in [5.74, 6) is -1.49. The maximum Gasteiger partial charge on any atom is 0.396 e. The molecule has 0 rings (SSSR count). The molecule has 1 N–H and O–H groups in total. The van der Waals surface area contributed by atoms with Crippen molar-refractivity contribution >= 4 is 30.3 Å². The Labute approximate surface area is 96.0 Å². The molecule has 0 atom stereocenters. The Morgan fingerprint density at radius 2 is 2.00 bits per heavy atom. The predicted octanol–water partition coefficient (Wildman–Crippen LogP) is 1.50. The smallest absolute Gasteiger partial charge is 0.396 e. The predicted molar refractivity (Wildman–Crippen MR) is 62.4 cm³/mol. The van der Waals surface area contributed by atoms with Gasteiger partial charge in [-0.05, 0) is 19.4 Å². The van der Waals surface area contributed by atoms with Gasteiger partial charge in [0.15, 0.2) is 7.38 Å². The zero-order valence-electron chi connectivity index (χ0n) is 9.43. The van der Waals surface area contributed by atoms with E-state index in [-0.39, 0.29) is 6.61 Å². The molecular formula is C9H18ClNO3Si. The third kappa shape index (κ3) is 8.44. The number of halogens is 1. The van der Waals surface area contributed by atoms with Crippen LogP contribution in [0.1, 0.15) is 13.3 Å². The second kappa shape index (κ2) is 6.84. The van der Waals surface area contributed by atoms with Crippen LogP contribution >= 0.6 is 11.1 Å². The molecule has 0 radical (unpaired) electrons. The second-order valence-electron chi connectivity index (χ2n) is 3.80. The van der Waals surface area contributed by atoms with Crippen LogP contribution in [0.25, 0.3) is 0 Å². The molecule has 15 heavy (non-hydrogen) atoms. The minimum Gasteiger partial charge on any atom is -0.459 e. The lowest BCUT2D eigenvalue weighted by Gasteiger charge is -2.12. The first-order valence-electron chi connectivity index (χ1n) is 5.00. The van der Waals surface area contributed by atoms with Gasteiger partial charge in [0.2, 0.25) is 0 Å². The maximum absolute atomic E-state index is 11.1. The molecule has 0 aliphatic carbocycles. The van der Waals surface area contributed by atoms with E-state index in [1.807, 2.05) is 13.1 Å². The second-order valence-corrected chi connectivity index (χ2v) is 10.8. The number of rotatable bonds is 5. The van der Waals surface area contributed by atoms with E-state index in [0.717, 1.165) is 12.5 Å². The lowest BCUT2D eigenvalue weighted by atomic mass is 10.4. The molecule has 6 heteroatoms. The van der Waals surface area contributed by atoms with Crippen LogP contribution in [-0.4, -0.2) is 32.4 Å². The summed E-state index contributed by atoms with van der Waals surface area (Å²) in [7, 11) is -1.57. The molecule has 0 spiro atoms. The van der Waals surface area contributed by atoms with Gasteiger partial charge in [-0.3, -0.25) is 4.79 Å². The van der Waals surface area contributed by atoms with E-state index in [9.17, 15) is 9.59 Å². The molecule has 0 aromatic carbocycles. The first-order valence-corrected chi connectivity index (χ1v) is 9.22. The van der Waals surface area contributed by atoms with Crippen molar-refractivity contribution in [1.82, 2.24) is 5.32 Å². The van der Waals surface area contributed by atoms with Crippen LogP contribution < -0.4 is 5.32 Å². The molecule has 88 valence electrons. The van der Waals surface area contributed by atoms with E-state index < -0.39 is 19.3 Å². The number of ether oxygens (including phenoxy) is 1. The normalized spacial score (nSPS) is 10.9. The van der Waals surface area contributed by atoms with Crippen molar-refractivity contribution in [3.63, 3.8) is 0 Å². The molecule has 0 fully saturated rings. The SMILES string of the molecule is CCOC(=O)C(=O)NCCC[Si](C)(C)Cl. The number of esters is 1. The molecule has 0 aliphatic rings. The monoisotopic (exact) mass is 251 g/mol. The van der Waals surface area contributed by atoms with Gasteiger partial charge in [-0.15, -0.1) is 0 Å². The summed E-state index contributed by atoms with van der Waals surface area (Å²) in [6.07, 6.45) is 0.799. The van der Waals surface area contributed by atoms with Gasteiger partial charge in [0.05, 0.1) is 6.61 Å². The Balaban J connectivity index is 3.60. The maximum atomic E-state index is 11.1. The Kier molecular flexibility index (Phi) is 6.59. The van der Waals surface area contributed by atoms with Crippen molar-refractivity contribution in [2.45, 2.75) is 32.5 Å². The molecule has 0 heterocycles. The number of hydrogen-bond acceptors (Lipinski definition) is 3. The van der Waals surface area contributed by atoms with Crippen LogP contribution in [0.2, 0.25) is 19.1 Å². The number of carbonyl (C=O) groups excluding carboxylic acids is 2. The summed E-state index contributed by atoms with van der Waals surface area (Å²) in [4.78, 5) is 21.9. The fourth-order valence-corrected chi connectivity index (χ4v) is 2.40. The standard InChI is InChI=1S/C9H18ClNO3Si/c1-4-14-9(13)8(12)11-6-5-7-15(2,3)10/h4-7H2,1-3H3,(H,11,12).